The lowest BCUT2D eigenvalue weighted by molar-refractivity contribution is -0.384. The molecule has 0 bridgehead atoms. The molecule has 150 valence electrons. The van der Waals surface area contributed by atoms with Crippen LogP contribution >= 0.6 is 11.3 Å². The second kappa shape index (κ2) is 8.83. The molecule has 0 N–H and O–H groups in total. The van der Waals surface area contributed by atoms with Crippen LogP contribution in [0.25, 0.3) is 0 Å². The van der Waals surface area contributed by atoms with Crippen molar-refractivity contribution in [2.75, 3.05) is 7.05 Å². The van der Waals surface area contributed by atoms with Crippen molar-refractivity contribution in [3.05, 3.63) is 85.9 Å². The minimum atomic E-state index is -0.442. The molecule has 0 saturated carbocycles. The quantitative estimate of drug-likeness (QED) is 0.413. The summed E-state index contributed by atoms with van der Waals surface area (Å²) in [6.45, 7) is 4.11. The highest BCUT2D eigenvalue weighted by Crippen LogP contribution is 2.25. The molecule has 0 aliphatic rings. The van der Waals surface area contributed by atoms with Gasteiger partial charge in [-0.25, -0.2) is 4.98 Å². The Balaban J connectivity index is 1.72. The zero-order valence-electron chi connectivity index (χ0n) is 16.4. The third-order valence-corrected chi connectivity index (χ3v) is 5.42. The van der Waals surface area contributed by atoms with Gasteiger partial charge in [-0.15, -0.1) is 11.3 Å². The number of carbonyl (C=O) groups excluding carboxylic acids is 1. The second-order valence-corrected chi connectivity index (χ2v) is 7.68. The SMILES string of the molecule is Cc1nc(COc2cccc(C(=O)N(C)C(C)c3cccc([N+](=O)[O-])c3)c2)cs1. The zero-order valence-corrected chi connectivity index (χ0v) is 17.2. The first-order valence-corrected chi connectivity index (χ1v) is 9.88. The molecule has 0 aliphatic carbocycles. The third kappa shape index (κ3) is 4.97. The Labute approximate surface area is 172 Å². The number of thiazole rings is 1. The van der Waals surface area contributed by atoms with E-state index in [9.17, 15) is 14.9 Å². The topological polar surface area (TPSA) is 85.6 Å². The number of nitro groups is 1. The Kier molecular flexibility index (Phi) is 6.23. The van der Waals surface area contributed by atoms with E-state index in [-0.39, 0.29) is 17.6 Å². The van der Waals surface area contributed by atoms with Gasteiger partial charge in [-0.3, -0.25) is 14.9 Å². The number of nitro benzene ring substituents is 1. The van der Waals surface area contributed by atoms with Crippen LogP contribution in [-0.4, -0.2) is 27.8 Å². The minimum absolute atomic E-state index is 0.00266. The maximum Gasteiger partial charge on any atom is 0.269 e. The lowest BCUT2D eigenvalue weighted by atomic mass is 10.1. The van der Waals surface area contributed by atoms with Crippen molar-refractivity contribution in [2.45, 2.75) is 26.5 Å². The average molecular weight is 411 g/mol. The van der Waals surface area contributed by atoms with Gasteiger partial charge >= 0.3 is 0 Å². The molecule has 0 aliphatic heterocycles. The van der Waals surface area contributed by atoms with Crippen LogP contribution < -0.4 is 4.74 Å². The Morgan fingerprint density at radius 3 is 2.72 bits per heavy atom. The fourth-order valence-electron chi connectivity index (χ4n) is 2.85. The first kappa shape index (κ1) is 20.5. The second-order valence-electron chi connectivity index (χ2n) is 6.62. The van der Waals surface area contributed by atoms with Crippen LogP contribution in [-0.2, 0) is 6.61 Å². The van der Waals surface area contributed by atoms with E-state index in [0.717, 1.165) is 10.7 Å². The number of amides is 1. The summed E-state index contributed by atoms with van der Waals surface area (Å²) in [4.78, 5) is 29.4. The zero-order chi connectivity index (χ0) is 21.0. The largest absolute Gasteiger partial charge is 0.487 e. The predicted molar refractivity (Wildman–Crippen MR) is 111 cm³/mol. The van der Waals surface area contributed by atoms with E-state index in [1.807, 2.05) is 19.2 Å². The molecule has 0 fully saturated rings. The number of hydrogen-bond donors (Lipinski definition) is 0. The van der Waals surface area contributed by atoms with Crippen LogP contribution in [0, 0.1) is 17.0 Å². The van der Waals surface area contributed by atoms with Gasteiger partial charge in [0.05, 0.1) is 21.7 Å². The van der Waals surface area contributed by atoms with E-state index in [2.05, 4.69) is 4.98 Å². The van der Waals surface area contributed by atoms with Gasteiger partial charge in [-0.2, -0.15) is 0 Å². The van der Waals surface area contributed by atoms with Crippen molar-refractivity contribution in [3.8, 4) is 5.75 Å². The van der Waals surface area contributed by atoms with Crippen LogP contribution in [0.15, 0.2) is 53.9 Å². The van der Waals surface area contributed by atoms with Gasteiger partial charge in [0.15, 0.2) is 0 Å². The van der Waals surface area contributed by atoms with Gasteiger partial charge in [-0.05, 0) is 37.6 Å². The van der Waals surface area contributed by atoms with E-state index in [4.69, 9.17) is 4.74 Å². The molecule has 3 aromatic rings. The highest BCUT2D eigenvalue weighted by molar-refractivity contribution is 7.09. The fraction of sp³-hybridized carbons (Fsp3) is 0.238. The monoisotopic (exact) mass is 411 g/mol. The van der Waals surface area contributed by atoms with Crippen LogP contribution in [0.1, 0.15) is 39.6 Å². The molecule has 2 aromatic carbocycles. The normalized spacial score (nSPS) is 11.7. The Morgan fingerprint density at radius 2 is 2.03 bits per heavy atom. The summed E-state index contributed by atoms with van der Waals surface area (Å²) in [5, 5.41) is 13.9. The maximum atomic E-state index is 12.9. The molecule has 0 spiro atoms. The molecule has 1 aromatic heterocycles. The third-order valence-electron chi connectivity index (χ3n) is 4.60. The van der Waals surface area contributed by atoms with Gasteiger partial charge in [0.2, 0.25) is 0 Å². The number of ether oxygens (including phenoxy) is 1. The molecule has 8 heteroatoms. The highest BCUT2D eigenvalue weighted by atomic mass is 32.1. The smallest absolute Gasteiger partial charge is 0.269 e. The minimum Gasteiger partial charge on any atom is -0.487 e. The predicted octanol–water partition coefficient (Wildman–Crippen LogP) is 4.77. The number of non-ortho nitro benzene ring substituents is 1. The van der Waals surface area contributed by atoms with Crippen molar-refractivity contribution >= 4 is 22.9 Å². The highest BCUT2D eigenvalue weighted by Gasteiger charge is 2.21. The molecular formula is C21H21N3O4S. The fourth-order valence-corrected chi connectivity index (χ4v) is 3.45. The molecule has 0 saturated heterocycles. The van der Waals surface area contributed by atoms with Crippen LogP contribution in [0.3, 0.4) is 0 Å². The van der Waals surface area contributed by atoms with Crippen LogP contribution in [0.2, 0.25) is 0 Å². The molecule has 3 rings (SSSR count). The Morgan fingerprint density at radius 1 is 1.28 bits per heavy atom. The molecule has 1 amide bonds. The van der Waals surface area contributed by atoms with E-state index >= 15 is 0 Å². The standard InChI is InChI=1S/C21H21N3O4S/c1-14(16-6-4-8-19(10-16)24(26)27)23(3)21(25)17-7-5-9-20(11-17)28-12-18-13-29-15(2)22-18/h4-11,13-14H,12H2,1-3H3. The summed E-state index contributed by atoms with van der Waals surface area (Å²) in [6.07, 6.45) is 0. The summed E-state index contributed by atoms with van der Waals surface area (Å²) in [7, 11) is 1.68. The van der Waals surface area contributed by atoms with Gasteiger partial charge < -0.3 is 9.64 Å². The van der Waals surface area contributed by atoms with E-state index in [1.165, 1.54) is 12.1 Å². The molecule has 1 atom stereocenters. The molecule has 0 radical (unpaired) electrons. The van der Waals surface area contributed by atoms with Gasteiger partial charge in [0.1, 0.15) is 12.4 Å². The van der Waals surface area contributed by atoms with Crippen molar-refractivity contribution in [1.29, 1.82) is 0 Å². The lowest BCUT2D eigenvalue weighted by Crippen LogP contribution is -2.29. The summed E-state index contributed by atoms with van der Waals surface area (Å²) >= 11 is 1.56. The number of benzene rings is 2. The molecular weight excluding hydrogens is 390 g/mol. The number of hydrogen-bond acceptors (Lipinski definition) is 6. The lowest BCUT2D eigenvalue weighted by Gasteiger charge is -2.25. The molecule has 7 nitrogen and oxygen atoms in total. The first-order chi connectivity index (χ1) is 13.8. The number of aromatic nitrogens is 1. The van der Waals surface area contributed by atoms with E-state index < -0.39 is 4.92 Å². The summed E-state index contributed by atoms with van der Waals surface area (Å²) in [5.41, 5.74) is 2.03. The van der Waals surface area contributed by atoms with Gasteiger partial charge in [-0.1, -0.05) is 18.2 Å². The Hall–Kier alpha value is -3.26. The van der Waals surface area contributed by atoms with Crippen molar-refractivity contribution < 1.29 is 14.5 Å². The number of carbonyl (C=O) groups is 1. The maximum absolute atomic E-state index is 12.9. The van der Waals surface area contributed by atoms with Crippen molar-refractivity contribution in [3.63, 3.8) is 0 Å². The van der Waals surface area contributed by atoms with Crippen molar-refractivity contribution in [1.82, 2.24) is 9.88 Å². The van der Waals surface area contributed by atoms with Crippen molar-refractivity contribution in [2.24, 2.45) is 0 Å². The molecule has 1 unspecified atom stereocenters. The molecule has 1 heterocycles. The average Bonchev–Trinajstić information content (AvgIpc) is 3.16. The Bertz CT molecular complexity index is 1030. The summed E-state index contributed by atoms with van der Waals surface area (Å²) in [6, 6.07) is 13.0. The summed E-state index contributed by atoms with van der Waals surface area (Å²) in [5.74, 6) is 0.386. The first-order valence-electron chi connectivity index (χ1n) is 9.00. The molecule has 29 heavy (non-hydrogen) atoms. The van der Waals surface area contributed by atoms with Crippen LogP contribution in [0.5, 0.6) is 5.75 Å². The number of nitrogens with zero attached hydrogens (tertiary/aromatic N) is 3. The van der Waals surface area contributed by atoms with E-state index in [1.54, 1.807) is 59.7 Å². The number of rotatable bonds is 7. The number of aryl methyl sites for hydroxylation is 1. The van der Waals surface area contributed by atoms with Gasteiger partial charge in [0, 0.05) is 30.1 Å². The van der Waals surface area contributed by atoms with Crippen LogP contribution in [0.4, 0.5) is 5.69 Å². The van der Waals surface area contributed by atoms with Gasteiger partial charge in [0.25, 0.3) is 11.6 Å². The van der Waals surface area contributed by atoms with E-state index in [0.29, 0.717) is 23.5 Å². The summed E-state index contributed by atoms with van der Waals surface area (Å²) < 4.78 is 5.76.